The largest absolute Gasteiger partial charge is 0.327 e. The number of nitrogens with two attached hydrogens (primary N) is 1. The van der Waals surface area contributed by atoms with Crippen LogP contribution >= 0.6 is 0 Å². The number of hydrogen-bond donors (Lipinski definition) is 1. The van der Waals surface area contributed by atoms with E-state index in [9.17, 15) is 0 Å². The van der Waals surface area contributed by atoms with E-state index in [0.717, 1.165) is 5.92 Å². The molecule has 0 spiro atoms. The molecule has 1 aliphatic carbocycles. The highest BCUT2D eigenvalue weighted by molar-refractivity contribution is 4.90. The summed E-state index contributed by atoms with van der Waals surface area (Å²) >= 11 is 0. The molecule has 1 saturated carbocycles. The molecule has 2 unspecified atom stereocenters. The summed E-state index contributed by atoms with van der Waals surface area (Å²) < 4.78 is 0. The van der Waals surface area contributed by atoms with Gasteiger partial charge in [0.2, 0.25) is 0 Å². The molecule has 0 aromatic carbocycles. The van der Waals surface area contributed by atoms with Crippen LogP contribution in [0.1, 0.15) is 39.0 Å². The average Bonchev–Trinajstić information content (AvgIpc) is 2.31. The Morgan fingerprint density at radius 3 is 2.73 bits per heavy atom. The highest BCUT2D eigenvalue weighted by Gasteiger charge is 2.22. The van der Waals surface area contributed by atoms with Crippen LogP contribution in [0.25, 0.3) is 0 Å². The number of hydrogen-bond acceptors (Lipinski definition) is 1. The standard InChI is InChI=1S/C10H19N/c1-8(2)6-7-9-4-3-5-10(9)11/h9-10H,1,3-7,11H2,2H3. The van der Waals surface area contributed by atoms with E-state index in [4.69, 9.17) is 5.73 Å². The minimum atomic E-state index is 0.481. The first kappa shape index (κ1) is 8.79. The van der Waals surface area contributed by atoms with Gasteiger partial charge in [0.15, 0.2) is 0 Å². The summed E-state index contributed by atoms with van der Waals surface area (Å²) in [5.41, 5.74) is 7.23. The normalized spacial score (nSPS) is 30.7. The first-order chi connectivity index (χ1) is 5.20. The van der Waals surface area contributed by atoms with Crippen LogP contribution in [-0.4, -0.2) is 6.04 Å². The molecular formula is C10H19N. The van der Waals surface area contributed by atoms with Crippen molar-refractivity contribution in [3.8, 4) is 0 Å². The summed E-state index contributed by atoms with van der Waals surface area (Å²) in [6, 6.07) is 0.481. The maximum Gasteiger partial charge on any atom is 0.00672 e. The first-order valence-electron chi connectivity index (χ1n) is 4.60. The molecule has 0 aliphatic heterocycles. The second kappa shape index (κ2) is 3.91. The predicted octanol–water partition coefficient (Wildman–Crippen LogP) is 2.47. The van der Waals surface area contributed by atoms with Crippen molar-refractivity contribution in [2.24, 2.45) is 11.7 Å². The fourth-order valence-corrected chi connectivity index (χ4v) is 1.86. The molecule has 1 aliphatic rings. The SMILES string of the molecule is C=C(C)CCC1CCCC1N. The minimum absolute atomic E-state index is 0.481. The molecule has 0 heterocycles. The van der Waals surface area contributed by atoms with Crippen LogP contribution in [0.5, 0.6) is 0 Å². The summed E-state index contributed by atoms with van der Waals surface area (Å²) in [5.74, 6) is 0.784. The molecule has 1 heteroatoms. The van der Waals surface area contributed by atoms with Crippen molar-refractivity contribution in [1.82, 2.24) is 0 Å². The van der Waals surface area contributed by atoms with Crippen LogP contribution in [0, 0.1) is 5.92 Å². The topological polar surface area (TPSA) is 26.0 Å². The van der Waals surface area contributed by atoms with Gasteiger partial charge in [0.1, 0.15) is 0 Å². The van der Waals surface area contributed by atoms with E-state index in [0.29, 0.717) is 6.04 Å². The van der Waals surface area contributed by atoms with E-state index in [1.54, 1.807) is 0 Å². The molecule has 0 radical (unpaired) electrons. The smallest absolute Gasteiger partial charge is 0.00672 e. The van der Waals surface area contributed by atoms with Gasteiger partial charge in [-0.05, 0) is 38.5 Å². The molecular weight excluding hydrogens is 134 g/mol. The lowest BCUT2D eigenvalue weighted by Crippen LogP contribution is -2.24. The van der Waals surface area contributed by atoms with Crippen LogP contribution in [0.3, 0.4) is 0 Å². The number of rotatable bonds is 3. The zero-order chi connectivity index (χ0) is 8.27. The van der Waals surface area contributed by atoms with Gasteiger partial charge in [-0.2, -0.15) is 0 Å². The zero-order valence-corrected chi connectivity index (χ0v) is 7.47. The highest BCUT2D eigenvalue weighted by Crippen LogP contribution is 2.28. The molecule has 0 amide bonds. The van der Waals surface area contributed by atoms with E-state index in [-0.39, 0.29) is 0 Å². The van der Waals surface area contributed by atoms with Gasteiger partial charge in [-0.1, -0.05) is 12.0 Å². The van der Waals surface area contributed by atoms with Crippen LogP contribution in [0.4, 0.5) is 0 Å². The van der Waals surface area contributed by atoms with Crippen LogP contribution < -0.4 is 5.73 Å². The molecule has 2 N–H and O–H groups in total. The molecule has 11 heavy (non-hydrogen) atoms. The lowest BCUT2D eigenvalue weighted by Gasteiger charge is -2.14. The third kappa shape index (κ3) is 2.66. The monoisotopic (exact) mass is 153 g/mol. The Bertz CT molecular complexity index is 140. The molecule has 1 nitrogen and oxygen atoms in total. The van der Waals surface area contributed by atoms with Crippen molar-refractivity contribution in [3.63, 3.8) is 0 Å². The van der Waals surface area contributed by atoms with Gasteiger partial charge in [0, 0.05) is 6.04 Å². The van der Waals surface area contributed by atoms with Crippen molar-refractivity contribution in [1.29, 1.82) is 0 Å². The molecule has 64 valence electrons. The van der Waals surface area contributed by atoms with Crippen molar-refractivity contribution in [2.45, 2.75) is 45.1 Å². The Morgan fingerprint density at radius 1 is 1.55 bits per heavy atom. The summed E-state index contributed by atoms with van der Waals surface area (Å²) in [5, 5.41) is 0. The summed E-state index contributed by atoms with van der Waals surface area (Å²) in [6.45, 7) is 6.00. The van der Waals surface area contributed by atoms with Gasteiger partial charge in [-0.15, -0.1) is 6.58 Å². The van der Waals surface area contributed by atoms with Crippen molar-refractivity contribution < 1.29 is 0 Å². The quantitative estimate of drug-likeness (QED) is 0.619. The maximum absolute atomic E-state index is 5.94. The molecule has 0 bridgehead atoms. The fourth-order valence-electron chi connectivity index (χ4n) is 1.86. The molecule has 2 atom stereocenters. The fraction of sp³-hybridized carbons (Fsp3) is 0.800. The third-order valence-electron chi connectivity index (χ3n) is 2.66. The Morgan fingerprint density at radius 2 is 2.27 bits per heavy atom. The molecule has 1 fully saturated rings. The van der Waals surface area contributed by atoms with E-state index >= 15 is 0 Å². The molecule has 0 saturated heterocycles. The molecule has 0 aromatic rings. The predicted molar refractivity (Wildman–Crippen MR) is 49.4 cm³/mol. The lowest BCUT2D eigenvalue weighted by atomic mass is 9.96. The Balaban J connectivity index is 2.20. The second-order valence-electron chi connectivity index (χ2n) is 3.85. The van der Waals surface area contributed by atoms with Crippen LogP contribution in [0.15, 0.2) is 12.2 Å². The molecule has 0 aromatic heterocycles. The lowest BCUT2D eigenvalue weighted by molar-refractivity contribution is 0.447. The Kier molecular flexibility index (Phi) is 3.13. The summed E-state index contributed by atoms with van der Waals surface area (Å²) in [4.78, 5) is 0. The summed E-state index contributed by atoms with van der Waals surface area (Å²) in [7, 11) is 0. The van der Waals surface area contributed by atoms with E-state index in [2.05, 4.69) is 13.5 Å². The average molecular weight is 153 g/mol. The Hall–Kier alpha value is -0.300. The van der Waals surface area contributed by atoms with Gasteiger partial charge < -0.3 is 5.73 Å². The maximum atomic E-state index is 5.94. The number of allylic oxidation sites excluding steroid dienone is 1. The van der Waals surface area contributed by atoms with Crippen LogP contribution in [-0.2, 0) is 0 Å². The van der Waals surface area contributed by atoms with Crippen molar-refractivity contribution in [3.05, 3.63) is 12.2 Å². The first-order valence-corrected chi connectivity index (χ1v) is 4.60. The van der Waals surface area contributed by atoms with Crippen LogP contribution in [0.2, 0.25) is 0 Å². The van der Waals surface area contributed by atoms with Gasteiger partial charge in [0.05, 0.1) is 0 Å². The Labute approximate surface area is 69.7 Å². The van der Waals surface area contributed by atoms with Gasteiger partial charge >= 0.3 is 0 Å². The van der Waals surface area contributed by atoms with Gasteiger partial charge in [-0.25, -0.2) is 0 Å². The minimum Gasteiger partial charge on any atom is -0.327 e. The van der Waals surface area contributed by atoms with E-state index in [1.165, 1.54) is 37.7 Å². The van der Waals surface area contributed by atoms with Gasteiger partial charge in [0.25, 0.3) is 0 Å². The van der Waals surface area contributed by atoms with Crippen molar-refractivity contribution in [2.75, 3.05) is 0 Å². The van der Waals surface area contributed by atoms with Crippen molar-refractivity contribution >= 4 is 0 Å². The zero-order valence-electron chi connectivity index (χ0n) is 7.47. The highest BCUT2D eigenvalue weighted by atomic mass is 14.7. The second-order valence-corrected chi connectivity index (χ2v) is 3.85. The third-order valence-corrected chi connectivity index (χ3v) is 2.66. The van der Waals surface area contributed by atoms with E-state index < -0.39 is 0 Å². The summed E-state index contributed by atoms with van der Waals surface area (Å²) in [6.07, 6.45) is 6.34. The van der Waals surface area contributed by atoms with Gasteiger partial charge in [-0.3, -0.25) is 0 Å². The molecule has 1 rings (SSSR count). The van der Waals surface area contributed by atoms with E-state index in [1.807, 2.05) is 0 Å².